The highest BCUT2D eigenvalue weighted by atomic mass is 16.4. The molecule has 594 valence electrons. The number of likely N-dealkylation sites (tertiary alicyclic amines) is 12. The molecule has 12 saturated heterocycles. The largest absolute Gasteiger partial charge is 0.508 e. The standard InChI is InChI=1S/C81H96N12O19/c94-46-28-30-48-64(44-46)112-65-45-47(95)29-31-49(65)66(48)67-50(14-1-15-51(67)80(108)109)68(96)82-32-2-16-52(82)69(97)83-33-3-17-53(83)70(98)84-34-4-18-54(84)71(99)85-35-5-19-55(85)72(100)86-36-6-20-56(86)73(101)87-37-7-21-57(87)74(102)88-38-8-22-58(88)75(103)89-39-9-23-59(89)76(104)90-40-10-24-60(90)77(105)91-41-11-25-61(91)78(106)92-42-12-26-62(92)79(107)93-43-13-27-63(93)81(110)111/h1,14-15,28-31,44-45,52-63,94H,2-13,16-27,32-43H2,(H,108,109)(H,110,111)/t52-,53-,54-,55-,56-,57-,58-,59-,60-,61-,62-,63-/m0/s1. The summed E-state index contributed by atoms with van der Waals surface area (Å²) < 4.78 is 6.06. The molecule has 12 amide bonds. The van der Waals surface area contributed by atoms with Gasteiger partial charge in [0.1, 0.15) is 89.6 Å². The van der Waals surface area contributed by atoms with Gasteiger partial charge in [-0.15, -0.1) is 0 Å². The fourth-order valence-electron chi connectivity index (χ4n) is 21.0. The number of fused-ring (bicyclic) bond motifs is 2. The Morgan fingerprint density at radius 2 is 0.571 bits per heavy atom. The number of nitrogens with zero attached hydrogens (tertiary/aromatic N) is 12. The predicted octanol–water partition coefficient (Wildman–Crippen LogP) is 3.56. The van der Waals surface area contributed by atoms with E-state index < -0.39 is 131 Å². The van der Waals surface area contributed by atoms with Crippen molar-refractivity contribution >= 4 is 93.8 Å². The smallest absolute Gasteiger partial charge is 0.336 e. The van der Waals surface area contributed by atoms with Crippen LogP contribution in [0.5, 0.6) is 5.75 Å². The van der Waals surface area contributed by atoms with E-state index in [4.69, 9.17) is 4.42 Å². The van der Waals surface area contributed by atoms with Gasteiger partial charge in [0.25, 0.3) is 5.91 Å². The summed E-state index contributed by atoms with van der Waals surface area (Å²) in [6.07, 6.45) is 9.94. The van der Waals surface area contributed by atoms with Gasteiger partial charge in [0.2, 0.25) is 65.0 Å². The molecule has 12 atom stereocenters. The van der Waals surface area contributed by atoms with Crippen LogP contribution in [0.3, 0.4) is 0 Å². The number of amides is 12. The first-order valence-corrected chi connectivity index (χ1v) is 40.6. The van der Waals surface area contributed by atoms with Crippen LogP contribution in [0.25, 0.3) is 33.4 Å². The first-order valence-electron chi connectivity index (χ1n) is 40.6. The molecule has 0 radical (unpaired) electrons. The average Bonchev–Trinajstić information content (AvgIpc) is 1.38. The Bertz CT molecular complexity index is 4580. The maximum absolute atomic E-state index is 15.2. The van der Waals surface area contributed by atoms with Crippen molar-refractivity contribution in [1.29, 1.82) is 0 Å². The third-order valence-electron chi connectivity index (χ3n) is 26.3. The third-order valence-corrected chi connectivity index (χ3v) is 26.3. The van der Waals surface area contributed by atoms with Crippen molar-refractivity contribution < 1.29 is 86.9 Å². The molecule has 0 saturated carbocycles. The zero-order valence-electron chi connectivity index (χ0n) is 62.8. The van der Waals surface area contributed by atoms with Crippen LogP contribution in [0.4, 0.5) is 0 Å². The van der Waals surface area contributed by atoms with Gasteiger partial charge in [-0.1, -0.05) is 6.07 Å². The van der Waals surface area contributed by atoms with Gasteiger partial charge in [0, 0.05) is 118 Å². The molecule has 1 aliphatic carbocycles. The van der Waals surface area contributed by atoms with Crippen LogP contribution in [-0.4, -0.2) is 308 Å². The zero-order chi connectivity index (χ0) is 78.2. The number of carbonyl (C=O) groups is 14. The number of phenols is 1. The predicted molar refractivity (Wildman–Crippen MR) is 397 cm³/mol. The van der Waals surface area contributed by atoms with Crippen LogP contribution < -0.4 is 5.43 Å². The van der Waals surface area contributed by atoms with Crippen LogP contribution in [0, 0.1) is 0 Å². The van der Waals surface area contributed by atoms with Gasteiger partial charge in [-0.2, -0.15) is 0 Å². The lowest BCUT2D eigenvalue weighted by atomic mass is 9.87. The number of aliphatic carboxylic acids is 1. The van der Waals surface area contributed by atoms with E-state index in [1.54, 1.807) is 19.6 Å². The molecule has 2 aromatic rings. The minimum Gasteiger partial charge on any atom is -0.508 e. The van der Waals surface area contributed by atoms with Crippen molar-refractivity contribution in [3.8, 4) is 28.2 Å². The van der Waals surface area contributed by atoms with E-state index in [2.05, 4.69) is 0 Å². The van der Waals surface area contributed by atoms with Crippen molar-refractivity contribution in [3.05, 3.63) is 75.9 Å². The van der Waals surface area contributed by atoms with Gasteiger partial charge < -0.3 is 78.5 Å². The number of hydrogen-bond donors (Lipinski definition) is 3. The number of aromatic carboxylic acids is 1. The summed E-state index contributed by atoms with van der Waals surface area (Å²) >= 11 is 0. The Kier molecular flexibility index (Phi) is 20.8. The summed E-state index contributed by atoms with van der Waals surface area (Å²) in [6.45, 7) is 2.90. The second-order valence-electron chi connectivity index (χ2n) is 32.4. The minimum absolute atomic E-state index is 0.0173. The molecule has 13 aliphatic heterocycles. The monoisotopic (exact) mass is 1540 g/mol. The number of hydrogen-bond acceptors (Lipinski definition) is 17. The minimum atomic E-state index is -1.35. The fraction of sp³-hybridized carbons (Fsp3) is 0.593. The normalized spacial score (nSPS) is 28.0. The van der Waals surface area contributed by atoms with Crippen LogP contribution in [0.2, 0.25) is 0 Å². The number of benzene rings is 3. The molecule has 3 N–H and O–H groups in total. The second kappa shape index (κ2) is 30.9. The van der Waals surface area contributed by atoms with Crippen LogP contribution in [0.15, 0.2) is 63.8 Å². The SMILES string of the molecule is O=C(O)c1cccc(C(=O)N2CCC[C@H]2C(=O)N2CCC[C@H]2C(=O)N2CCC[C@H]2C(=O)N2CCC[C@H]2C(=O)N2CCC[C@H]2C(=O)N2CCC[C@H]2C(=O)N2CCC[C@H]2C(=O)N2CCC[C@H]2C(=O)N2CCC[C@H]2C(=O)N2CCC[C@H]2C(=O)N2CCC[C@H]2C(=O)N2CCC[C@H]2C(=O)O)c1-c1c2ccc(=O)cc-2oc2cc(O)ccc12. The number of carbonyl (C=O) groups excluding carboxylic acids is 12. The molecule has 14 aliphatic rings. The Morgan fingerprint density at radius 1 is 0.304 bits per heavy atom. The lowest BCUT2D eigenvalue weighted by Crippen LogP contribution is -2.59. The summed E-state index contributed by atoms with van der Waals surface area (Å²) in [5.74, 6) is -7.50. The van der Waals surface area contributed by atoms with Crippen LogP contribution in [0.1, 0.15) is 175 Å². The number of carboxylic acids is 2. The molecule has 31 nitrogen and oxygen atoms in total. The van der Waals surface area contributed by atoms with E-state index in [1.807, 2.05) is 0 Å². The van der Waals surface area contributed by atoms with Crippen molar-refractivity contribution in [3.63, 3.8) is 0 Å². The summed E-state index contributed by atoms with van der Waals surface area (Å²) in [4.78, 5) is 234. The highest BCUT2D eigenvalue weighted by molar-refractivity contribution is 6.15. The quantitative estimate of drug-likeness (QED) is 0.143. The summed E-state index contributed by atoms with van der Waals surface area (Å²) in [6, 6.07) is 1.46. The molecule has 0 bridgehead atoms. The summed E-state index contributed by atoms with van der Waals surface area (Å²) in [7, 11) is 0. The number of rotatable bonds is 15. The molecule has 0 spiro atoms. The van der Waals surface area contributed by atoms with E-state index in [0.29, 0.717) is 172 Å². The molecule has 0 aromatic heterocycles. The van der Waals surface area contributed by atoms with Crippen molar-refractivity contribution in [2.45, 2.75) is 227 Å². The van der Waals surface area contributed by atoms with Gasteiger partial charge in [0.15, 0.2) is 5.43 Å². The second-order valence-corrected chi connectivity index (χ2v) is 32.4. The maximum atomic E-state index is 15.2. The number of aromatic hydroxyl groups is 1. The molecule has 16 rings (SSSR count). The third kappa shape index (κ3) is 13.3. The molecule has 31 heteroatoms. The first-order chi connectivity index (χ1) is 54.1. The molecular weight excluding hydrogens is 1440 g/mol. The molecule has 13 heterocycles. The van der Waals surface area contributed by atoms with Crippen LogP contribution >= 0.6 is 0 Å². The topological polar surface area (TPSA) is 369 Å². The van der Waals surface area contributed by atoms with E-state index >= 15 is 33.6 Å². The average molecular weight is 1540 g/mol. The van der Waals surface area contributed by atoms with Crippen molar-refractivity contribution in [1.82, 2.24) is 58.8 Å². The highest BCUT2D eigenvalue weighted by Crippen LogP contribution is 2.45. The van der Waals surface area contributed by atoms with E-state index in [0.717, 1.165) is 0 Å². The lowest BCUT2D eigenvalue weighted by molar-refractivity contribution is -0.156. The maximum Gasteiger partial charge on any atom is 0.336 e. The van der Waals surface area contributed by atoms with Gasteiger partial charge >= 0.3 is 11.9 Å². The number of phenolic OH excluding ortho intramolecular Hbond substituents is 1. The molecular formula is C81H96N12O19. The lowest BCUT2D eigenvalue weighted by Gasteiger charge is -2.38. The Morgan fingerprint density at radius 3 is 0.866 bits per heavy atom. The van der Waals surface area contributed by atoms with Gasteiger partial charge in [-0.05, 0) is 190 Å². The van der Waals surface area contributed by atoms with Crippen molar-refractivity contribution in [2.24, 2.45) is 0 Å². The van der Waals surface area contributed by atoms with Gasteiger partial charge in [0.05, 0.1) is 5.56 Å². The molecule has 112 heavy (non-hydrogen) atoms. The van der Waals surface area contributed by atoms with Gasteiger partial charge in [-0.25, -0.2) is 9.59 Å². The van der Waals surface area contributed by atoms with Crippen molar-refractivity contribution in [2.75, 3.05) is 78.5 Å². The van der Waals surface area contributed by atoms with E-state index in [1.165, 1.54) is 93.8 Å². The molecule has 0 unspecified atom stereocenters. The summed E-state index contributed by atoms with van der Waals surface area (Å²) in [5, 5.41) is 31.3. The fourth-order valence-corrected chi connectivity index (χ4v) is 21.0. The number of carboxylic acid groups (broad SMARTS) is 2. The van der Waals surface area contributed by atoms with E-state index in [-0.39, 0.29) is 141 Å². The van der Waals surface area contributed by atoms with Crippen LogP contribution in [-0.2, 0) is 57.5 Å². The highest BCUT2D eigenvalue weighted by Gasteiger charge is 2.55. The Hall–Kier alpha value is -10.5. The van der Waals surface area contributed by atoms with Gasteiger partial charge in [-0.3, -0.25) is 62.3 Å². The Balaban J connectivity index is 0.549. The first kappa shape index (κ1) is 75.5. The molecule has 2 aromatic carbocycles. The molecule has 12 fully saturated rings. The summed E-state index contributed by atoms with van der Waals surface area (Å²) in [5.41, 5.74) is 0.0634. The zero-order valence-corrected chi connectivity index (χ0v) is 62.8. The Labute approximate surface area is 645 Å². The van der Waals surface area contributed by atoms with E-state index in [9.17, 15) is 53.7 Å².